The van der Waals surface area contributed by atoms with Crippen molar-refractivity contribution in [3.05, 3.63) is 59.2 Å². The molecule has 110 valence electrons. The van der Waals surface area contributed by atoms with Crippen LogP contribution < -0.4 is 5.32 Å². The standard InChI is InChI=1S/C21H21N/c1-21(8-4-5-9-22-21)20-12-16-10-14-6-2-3-7-15(14)11-17(16)18-13-19(18)20/h2-3,6-7,10-12,22H,4-5,8-9,13H2,1H3. The fourth-order valence-electron chi connectivity index (χ4n) is 4.31. The summed E-state index contributed by atoms with van der Waals surface area (Å²) in [4.78, 5) is 0. The predicted molar refractivity (Wildman–Crippen MR) is 93.5 cm³/mol. The molecule has 1 aliphatic carbocycles. The highest BCUT2D eigenvalue weighted by molar-refractivity contribution is 6.02. The van der Waals surface area contributed by atoms with Gasteiger partial charge in [0.05, 0.1) is 0 Å². The van der Waals surface area contributed by atoms with Gasteiger partial charge in [0.25, 0.3) is 0 Å². The molecular weight excluding hydrogens is 266 g/mol. The van der Waals surface area contributed by atoms with Gasteiger partial charge in [-0.05, 0) is 89.2 Å². The van der Waals surface area contributed by atoms with Gasteiger partial charge in [0.1, 0.15) is 0 Å². The zero-order chi connectivity index (χ0) is 14.7. The van der Waals surface area contributed by atoms with Crippen LogP contribution in [0.2, 0.25) is 0 Å². The zero-order valence-corrected chi connectivity index (χ0v) is 13.1. The van der Waals surface area contributed by atoms with Crippen LogP contribution in [-0.4, -0.2) is 6.54 Å². The molecule has 0 saturated carbocycles. The topological polar surface area (TPSA) is 12.0 Å². The predicted octanol–water partition coefficient (Wildman–Crippen LogP) is 4.89. The quantitative estimate of drug-likeness (QED) is 0.492. The lowest BCUT2D eigenvalue weighted by atomic mass is 9.83. The summed E-state index contributed by atoms with van der Waals surface area (Å²) in [6.07, 6.45) is 5.11. The summed E-state index contributed by atoms with van der Waals surface area (Å²) in [5, 5.41) is 9.38. The number of hydrogen-bond acceptors (Lipinski definition) is 1. The SMILES string of the molecule is CC1(c2cc3cc4ccccc4cc3c3c2C3)CCCCN1. The van der Waals surface area contributed by atoms with E-state index in [2.05, 4.69) is 54.7 Å². The first kappa shape index (κ1) is 12.7. The lowest BCUT2D eigenvalue weighted by Crippen LogP contribution is -2.43. The van der Waals surface area contributed by atoms with Gasteiger partial charge in [0, 0.05) is 5.54 Å². The molecule has 3 aromatic rings. The van der Waals surface area contributed by atoms with Crippen LogP contribution in [0.1, 0.15) is 42.9 Å². The number of fused-ring (bicyclic) bond motifs is 4. The summed E-state index contributed by atoms with van der Waals surface area (Å²) in [5.41, 5.74) is 4.94. The summed E-state index contributed by atoms with van der Waals surface area (Å²) < 4.78 is 0. The van der Waals surface area contributed by atoms with Crippen LogP contribution in [0.15, 0.2) is 42.5 Å². The van der Waals surface area contributed by atoms with Gasteiger partial charge in [0.15, 0.2) is 0 Å². The maximum Gasteiger partial charge on any atom is 0.0409 e. The van der Waals surface area contributed by atoms with E-state index in [1.807, 2.05) is 0 Å². The van der Waals surface area contributed by atoms with E-state index in [4.69, 9.17) is 0 Å². The van der Waals surface area contributed by atoms with Crippen molar-refractivity contribution in [3.63, 3.8) is 0 Å². The van der Waals surface area contributed by atoms with Crippen LogP contribution in [0.3, 0.4) is 0 Å². The molecule has 1 nitrogen and oxygen atoms in total. The van der Waals surface area contributed by atoms with E-state index in [0.29, 0.717) is 0 Å². The van der Waals surface area contributed by atoms with Gasteiger partial charge < -0.3 is 5.32 Å². The molecule has 1 fully saturated rings. The van der Waals surface area contributed by atoms with Crippen molar-refractivity contribution in [1.29, 1.82) is 0 Å². The third kappa shape index (κ3) is 1.75. The van der Waals surface area contributed by atoms with Crippen molar-refractivity contribution in [3.8, 4) is 0 Å². The van der Waals surface area contributed by atoms with Gasteiger partial charge in [-0.1, -0.05) is 30.7 Å². The lowest BCUT2D eigenvalue weighted by Gasteiger charge is -2.36. The number of hydrogen-bond donors (Lipinski definition) is 1. The average Bonchev–Trinajstić information content (AvgIpc) is 3.34. The molecule has 22 heavy (non-hydrogen) atoms. The monoisotopic (exact) mass is 287 g/mol. The molecule has 1 unspecified atom stereocenters. The van der Waals surface area contributed by atoms with Gasteiger partial charge in [-0.25, -0.2) is 0 Å². The van der Waals surface area contributed by atoms with Crippen LogP contribution in [0.4, 0.5) is 0 Å². The summed E-state index contributed by atoms with van der Waals surface area (Å²) >= 11 is 0. The Morgan fingerprint density at radius 3 is 2.50 bits per heavy atom. The van der Waals surface area contributed by atoms with Crippen molar-refractivity contribution in [1.82, 2.24) is 5.32 Å². The second-order valence-corrected chi connectivity index (χ2v) is 7.19. The van der Waals surface area contributed by atoms with Gasteiger partial charge >= 0.3 is 0 Å². The number of piperidine rings is 1. The second kappa shape index (κ2) is 4.33. The Bertz CT molecular complexity index is 901. The van der Waals surface area contributed by atoms with Crippen molar-refractivity contribution in [2.45, 2.75) is 38.1 Å². The molecule has 0 spiro atoms. The molecule has 0 aromatic heterocycles. The first-order valence-corrected chi connectivity index (χ1v) is 8.47. The first-order valence-electron chi connectivity index (χ1n) is 8.47. The largest absolute Gasteiger partial charge is 0.308 e. The average molecular weight is 287 g/mol. The minimum Gasteiger partial charge on any atom is -0.308 e. The maximum absolute atomic E-state index is 3.79. The van der Waals surface area contributed by atoms with E-state index >= 15 is 0 Å². The summed E-state index contributed by atoms with van der Waals surface area (Å²) in [7, 11) is 0. The summed E-state index contributed by atoms with van der Waals surface area (Å²) in [5.74, 6) is 0. The minimum absolute atomic E-state index is 0.179. The highest BCUT2D eigenvalue weighted by atomic mass is 15.0. The van der Waals surface area contributed by atoms with Crippen LogP contribution in [0, 0.1) is 0 Å². The number of benzene rings is 3. The molecule has 1 aliphatic heterocycles. The van der Waals surface area contributed by atoms with E-state index in [-0.39, 0.29) is 5.54 Å². The molecule has 0 bridgehead atoms. The smallest absolute Gasteiger partial charge is 0.0409 e. The van der Waals surface area contributed by atoms with Crippen molar-refractivity contribution in [2.75, 3.05) is 6.54 Å². The van der Waals surface area contributed by atoms with E-state index in [9.17, 15) is 0 Å². The molecule has 1 atom stereocenters. The molecule has 0 radical (unpaired) electrons. The lowest BCUT2D eigenvalue weighted by molar-refractivity contribution is 0.283. The highest BCUT2D eigenvalue weighted by Crippen LogP contribution is 2.45. The Labute approximate surface area is 131 Å². The van der Waals surface area contributed by atoms with Gasteiger partial charge in [-0.3, -0.25) is 0 Å². The Hall–Kier alpha value is -1.86. The normalized spacial score (nSPS) is 23.7. The molecule has 2 aliphatic rings. The Kier molecular flexibility index (Phi) is 2.49. The van der Waals surface area contributed by atoms with Crippen molar-refractivity contribution in [2.24, 2.45) is 0 Å². The Morgan fingerprint density at radius 2 is 1.73 bits per heavy atom. The van der Waals surface area contributed by atoms with Gasteiger partial charge in [-0.15, -0.1) is 0 Å². The fourth-order valence-corrected chi connectivity index (χ4v) is 4.31. The Morgan fingerprint density at radius 1 is 0.909 bits per heavy atom. The Balaban J connectivity index is 1.75. The minimum atomic E-state index is 0.179. The third-order valence-corrected chi connectivity index (χ3v) is 5.67. The van der Waals surface area contributed by atoms with Gasteiger partial charge in [0.2, 0.25) is 0 Å². The number of rotatable bonds is 1. The van der Waals surface area contributed by atoms with Gasteiger partial charge in [-0.2, -0.15) is 0 Å². The number of nitrogens with one attached hydrogen (secondary N) is 1. The molecular formula is C21H21N. The van der Waals surface area contributed by atoms with Crippen LogP contribution in [0.25, 0.3) is 21.5 Å². The third-order valence-electron chi connectivity index (χ3n) is 5.67. The van der Waals surface area contributed by atoms with Crippen LogP contribution in [-0.2, 0) is 12.0 Å². The summed E-state index contributed by atoms with van der Waals surface area (Å²) in [6, 6.07) is 15.9. The second-order valence-electron chi connectivity index (χ2n) is 7.19. The van der Waals surface area contributed by atoms with E-state index in [1.54, 1.807) is 16.7 Å². The molecule has 1 saturated heterocycles. The zero-order valence-electron chi connectivity index (χ0n) is 13.1. The maximum atomic E-state index is 3.79. The molecule has 3 aromatic carbocycles. The van der Waals surface area contributed by atoms with E-state index in [0.717, 1.165) is 6.54 Å². The molecule has 1 heterocycles. The molecule has 1 N–H and O–H groups in total. The molecule has 0 amide bonds. The molecule has 5 rings (SSSR count). The molecule has 1 heteroatoms. The van der Waals surface area contributed by atoms with E-state index in [1.165, 1.54) is 47.2 Å². The summed E-state index contributed by atoms with van der Waals surface area (Å²) in [6.45, 7) is 3.55. The first-order chi connectivity index (χ1) is 10.7. The highest BCUT2D eigenvalue weighted by Gasteiger charge is 2.36. The van der Waals surface area contributed by atoms with Crippen LogP contribution >= 0.6 is 0 Å². The fraction of sp³-hybridized carbons (Fsp3) is 0.333. The van der Waals surface area contributed by atoms with Crippen molar-refractivity contribution < 1.29 is 0 Å². The van der Waals surface area contributed by atoms with Crippen molar-refractivity contribution >= 4 is 21.5 Å². The van der Waals surface area contributed by atoms with Crippen LogP contribution in [0.5, 0.6) is 0 Å². The van der Waals surface area contributed by atoms with E-state index < -0.39 is 0 Å².